The Morgan fingerprint density at radius 1 is 1.03 bits per heavy atom. The summed E-state index contributed by atoms with van der Waals surface area (Å²) in [6, 6.07) is 6.00. The van der Waals surface area contributed by atoms with Crippen molar-refractivity contribution in [3.8, 4) is 0 Å². The third-order valence-electron chi connectivity index (χ3n) is 7.50. The number of carbonyl (C=O) groups is 2. The maximum Gasteiger partial charge on any atom is 0.416 e. The second kappa shape index (κ2) is 10.1. The van der Waals surface area contributed by atoms with Gasteiger partial charge in [-0.2, -0.15) is 26.3 Å². The molecule has 4 unspecified atom stereocenters. The molecule has 4 rings (SSSR count). The SMILES string of the molecule is COC(=O)C1(C)CC(=O)N2C[C@H](OC(C)c3cc(C(F)(F)F)cc(C(F)(F)F)c3)C(c3ccc(F)cc3)C2C1. The molecular formula is C27H26F7NO4. The van der Waals surface area contributed by atoms with Crippen LogP contribution in [0.25, 0.3) is 0 Å². The monoisotopic (exact) mass is 561 g/mol. The third-order valence-corrected chi connectivity index (χ3v) is 7.50. The zero-order valence-electron chi connectivity index (χ0n) is 21.2. The first-order valence-electron chi connectivity index (χ1n) is 12.1. The molecule has 2 aromatic carbocycles. The van der Waals surface area contributed by atoms with Crippen molar-refractivity contribution in [2.75, 3.05) is 13.7 Å². The third kappa shape index (κ3) is 5.75. The molecule has 0 bridgehead atoms. The molecule has 0 aromatic heterocycles. The Kier molecular flexibility index (Phi) is 7.48. The van der Waals surface area contributed by atoms with Gasteiger partial charge in [-0.15, -0.1) is 0 Å². The standard InChI is InChI=1S/C27H26F7NO4/c1-14(16-8-17(26(29,30)31)10-18(9-16)27(32,33)34)39-21-13-35-20(23(21)15-4-6-19(28)7-5-15)11-25(2,12-22(35)36)24(37)38-3/h4-10,14,20-21,23H,11-13H2,1-3H3/t14?,20?,21-,23?,25?/m0/s1. The second-order valence-electron chi connectivity index (χ2n) is 10.3. The van der Waals surface area contributed by atoms with Crippen LogP contribution >= 0.6 is 0 Å². The average molecular weight is 561 g/mol. The topological polar surface area (TPSA) is 55.8 Å². The molecule has 0 saturated carbocycles. The fourth-order valence-electron chi connectivity index (χ4n) is 5.58. The van der Waals surface area contributed by atoms with Crippen LogP contribution in [0, 0.1) is 11.2 Å². The van der Waals surface area contributed by atoms with Crippen molar-refractivity contribution in [1.29, 1.82) is 0 Å². The normalized spacial score (nSPS) is 26.4. The van der Waals surface area contributed by atoms with Crippen LogP contribution in [-0.4, -0.2) is 42.6 Å². The average Bonchev–Trinajstić information content (AvgIpc) is 3.20. The van der Waals surface area contributed by atoms with E-state index in [1.165, 1.54) is 43.2 Å². The van der Waals surface area contributed by atoms with Gasteiger partial charge >= 0.3 is 18.3 Å². The lowest BCUT2D eigenvalue weighted by molar-refractivity contribution is -0.161. The predicted molar refractivity (Wildman–Crippen MR) is 124 cm³/mol. The van der Waals surface area contributed by atoms with Gasteiger partial charge < -0.3 is 14.4 Å². The van der Waals surface area contributed by atoms with Crippen LogP contribution in [0.3, 0.4) is 0 Å². The summed E-state index contributed by atoms with van der Waals surface area (Å²) in [5.74, 6) is -2.13. The number of piperidine rings is 1. The maximum absolute atomic E-state index is 13.7. The van der Waals surface area contributed by atoms with Gasteiger partial charge in [0.25, 0.3) is 0 Å². The van der Waals surface area contributed by atoms with Gasteiger partial charge in [0, 0.05) is 24.9 Å². The van der Waals surface area contributed by atoms with Gasteiger partial charge in [-0.05, 0) is 61.7 Å². The number of hydrogen-bond donors (Lipinski definition) is 0. The molecule has 2 aliphatic heterocycles. The molecule has 0 aliphatic carbocycles. The molecule has 2 heterocycles. The van der Waals surface area contributed by atoms with Gasteiger partial charge in [-0.3, -0.25) is 9.59 Å². The molecule has 0 N–H and O–H groups in total. The van der Waals surface area contributed by atoms with E-state index in [0.29, 0.717) is 17.7 Å². The number of benzene rings is 2. The number of fused-ring (bicyclic) bond motifs is 1. The lowest BCUT2D eigenvalue weighted by atomic mass is 9.73. The Morgan fingerprint density at radius 2 is 1.59 bits per heavy atom. The van der Waals surface area contributed by atoms with Gasteiger partial charge in [0.05, 0.1) is 35.9 Å². The molecule has 5 nitrogen and oxygen atoms in total. The molecule has 2 fully saturated rings. The van der Waals surface area contributed by atoms with Gasteiger partial charge in [-0.1, -0.05) is 12.1 Å². The molecule has 0 radical (unpaired) electrons. The number of nitrogens with zero attached hydrogens (tertiary/aromatic N) is 1. The number of esters is 1. The fourth-order valence-corrected chi connectivity index (χ4v) is 5.58. The second-order valence-corrected chi connectivity index (χ2v) is 10.3. The van der Waals surface area contributed by atoms with E-state index in [9.17, 15) is 40.3 Å². The molecular weight excluding hydrogens is 535 g/mol. The van der Waals surface area contributed by atoms with Crippen LogP contribution < -0.4 is 0 Å². The van der Waals surface area contributed by atoms with Crippen LogP contribution in [0.5, 0.6) is 0 Å². The fraction of sp³-hybridized carbons (Fsp3) is 0.481. The van der Waals surface area contributed by atoms with Crippen molar-refractivity contribution in [2.24, 2.45) is 5.41 Å². The van der Waals surface area contributed by atoms with Crippen molar-refractivity contribution in [3.05, 3.63) is 70.5 Å². The molecule has 2 aliphatic rings. The van der Waals surface area contributed by atoms with Crippen LogP contribution in [0.4, 0.5) is 30.7 Å². The number of carbonyl (C=O) groups excluding carboxylic acids is 2. The number of halogens is 7. The van der Waals surface area contributed by atoms with Crippen LogP contribution in [0.2, 0.25) is 0 Å². The Hall–Kier alpha value is -3.15. The highest BCUT2D eigenvalue weighted by molar-refractivity contribution is 5.87. The van der Waals surface area contributed by atoms with Gasteiger partial charge in [0.1, 0.15) is 5.82 Å². The minimum absolute atomic E-state index is 0.0156. The van der Waals surface area contributed by atoms with Crippen molar-refractivity contribution < 1.29 is 49.8 Å². The zero-order chi connectivity index (χ0) is 28.9. The van der Waals surface area contributed by atoms with E-state index in [1.807, 2.05) is 0 Å². The molecule has 5 atom stereocenters. The molecule has 212 valence electrons. The zero-order valence-corrected chi connectivity index (χ0v) is 21.2. The quantitative estimate of drug-likeness (QED) is 0.319. The summed E-state index contributed by atoms with van der Waals surface area (Å²) in [6.45, 7) is 2.90. The van der Waals surface area contributed by atoms with Crippen molar-refractivity contribution in [3.63, 3.8) is 0 Å². The van der Waals surface area contributed by atoms with Crippen molar-refractivity contribution in [2.45, 2.75) is 63.2 Å². The highest BCUT2D eigenvalue weighted by Gasteiger charge is 2.55. The van der Waals surface area contributed by atoms with Gasteiger partial charge in [0.15, 0.2) is 0 Å². The Morgan fingerprint density at radius 3 is 2.10 bits per heavy atom. The summed E-state index contributed by atoms with van der Waals surface area (Å²) < 4.78 is 105. The number of alkyl halides is 6. The number of rotatable bonds is 5. The molecule has 12 heteroatoms. The number of ether oxygens (including phenoxy) is 2. The highest BCUT2D eigenvalue weighted by atomic mass is 19.4. The Labute approximate surface area is 219 Å². The summed E-state index contributed by atoms with van der Waals surface area (Å²) in [5, 5.41) is 0. The summed E-state index contributed by atoms with van der Waals surface area (Å²) >= 11 is 0. The Balaban J connectivity index is 1.72. The molecule has 2 saturated heterocycles. The summed E-state index contributed by atoms with van der Waals surface area (Å²) in [7, 11) is 1.20. The summed E-state index contributed by atoms with van der Waals surface area (Å²) in [4.78, 5) is 27.1. The molecule has 2 aromatic rings. The van der Waals surface area contributed by atoms with Crippen LogP contribution in [-0.2, 0) is 31.4 Å². The molecule has 0 spiro atoms. The lowest BCUT2D eigenvalue weighted by Crippen LogP contribution is -2.50. The lowest BCUT2D eigenvalue weighted by Gasteiger charge is -2.41. The van der Waals surface area contributed by atoms with E-state index in [2.05, 4.69) is 0 Å². The largest absolute Gasteiger partial charge is 0.469 e. The number of amides is 1. The van der Waals surface area contributed by atoms with E-state index >= 15 is 0 Å². The number of methoxy groups -OCH3 is 1. The van der Waals surface area contributed by atoms with E-state index in [4.69, 9.17) is 9.47 Å². The molecule has 39 heavy (non-hydrogen) atoms. The van der Waals surface area contributed by atoms with Crippen LogP contribution in [0.15, 0.2) is 42.5 Å². The first-order valence-corrected chi connectivity index (χ1v) is 12.1. The van der Waals surface area contributed by atoms with Gasteiger partial charge in [0.2, 0.25) is 5.91 Å². The highest BCUT2D eigenvalue weighted by Crippen LogP contribution is 2.48. The first-order chi connectivity index (χ1) is 18.0. The summed E-state index contributed by atoms with van der Waals surface area (Å²) in [6.07, 6.45) is -12.1. The van der Waals surface area contributed by atoms with E-state index in [1.54, 1.807) is 6.92 Å². The van der Waals surface area contributed by atoms with Crippen molar-refractivity contribution >= 4 is 11.9 Å². The first kappa shape index (κ1) is 28.8. The minimum Gasteiger partial charge on any atom is -0.469 e. The predicted octanol–water partition coefficient (Wildman–Crippen LogP) is 6.28. The van der Waals surface area contributed by atoms with E-state index in [-0.39, 0.29) is 36.9 Å². The number of hydrogen-bond acceptors (Lipinski definition) is 4. The maximum atomic E-state index is 13.7. The van der Waals surface area contributed by atoms with Crippen LogP contribution in [0.1, 0.15) is 61.0 Å². The Bertz CT molecular complexity index is 1210. The van der Waals surface area contributed by atoms with E-state index < -0.39 is 64.8 Å². The molecule has 1 amide bonds. The minimum atomic E-state index is -5.02. The van der Waals surface area contributed by atoms with E-state index in [0.717, 1.165) is 0 Å². The summed E-state index contributed by atoms with van der Waals surface area (Å²) in [5.41, 5.74) is -3.89. The van der Waals surface area contributed by atoms with Crippen molar-refractivity contribution in [1.82, 2.24) is 4.90 Å². The smallest absolute Gasteiger partial charge is 0.416 e. The van der Waals surface area contributed by atoms with Gasteiger partial charge in [-0.25, -0.2) is 4.39 Å².